The largest absolute Gasteiger partial charge is 0.445 e. The lowest BCUT2D eigenvalue weighted by atomic mass is 9.85. The molecule has 0 spiro atoms. The minimum absolute atomic E-state index is 0.0464. The van der Waals surface area contributed by atoms with Crippen LogP contribution in [0.3, 0.4) is 0 Å². The molecule has 12 atom stereocenters. The summed E-state index contributed by atoms with van der Waals surface area (Å²) in [6.45, 7) is 20.4. The number of aliphatic hydroxyl groups excluding tert-OH is 1. The van der Waals surface area contributed by atoms with Crippen LogP contribution in [0.4, 0.5) is 10.5 Å². The number of benzene rings is 2. The zero-order valence-corrected chi connectivity index (χ0v) is 46.8. The van der Waals surface area contributed by atoms with Gasteiger partial charge in [-0.05, 0) is 72.6 Å². The number of nitrogens with zero attached hydrogens (tertiary/aromatic N) is 3. The van der Waals surface area contributed by atoms with Crippen LogP contribution in [-0.4, -0.2) is 145 Å². The van der Waals surface area contributed by atoms with Crippen LogP contribution in [0.5, 0.6) is 0 Å². The molecule has 0 saturated carbocycles. The average Bonchev–Trinajstić information content (AvgIpc) is 3.86. The number of likely N-dealkylation sites (N-methyl/N-ethyl adjacent to an activating group) is 2. The van der Waals surface area contributed by atoms with Crippen molar-refractivity contribution >= 4 is 47.1 Å². The number of methoxy groups -OCH3 is 2. The summed E-state index contributed by atoms with van der Waals surface area (Å²) in [5.74, 6) is -3.90. The number of ether oxygens (including phenoxy) is 3. The van der Waals surface area contributed by atoms with Crippen molar-refractivity contribution < 1.29 is 52.9 Å². The first-order valence-electron chi connectivity index (χ1n) is 26.3. The fraction of sp³-hybridized carbons (Fsp3) is 0.661. The molecule has 1 heterocycles. The molecule has 1 aliphatic rings. The Kier molecular flexibility index (Phi) is 25.2. The quantitative estimate of drug-likeness (QED) is 0.0651. The molecule has 1 aliphatic heterocycles. The molecule has 6 amide bonds. The smallest absolute Gasteiger partial charge is 0.410 e. The third-order valence-electron chi connectivity index (χ3n) is 14.7. The van der Waals surface area contributed by atoms with Crippen LogP contribution in [0.1, 0.15) is 125 Å². The number of ketones is 1. The Bertz CT molecular complexity index is 2140. The van der Waals surface area contributed by atoms with Gasteiger partial charge in [0.1, 0.15) is 30.5 Å². The second kappa shape index (κ2) is 29.6. The topological polar surface area (TPSA) is 239 Å². The van der Waals surface area contributed by atoms with Gasteiger partial charge in [0.2, 0.25) is 29.5 Å². The van der Waals surface area contributed by atoms with Crippen molar-refractivity contribution in [3.05, 3.63) is 65.7 Å². The summed E-state index contributed by atoms with van der Waals surface area (Å²) in [5.41, 5.74) is 7.72. The normalized spacial score (nSPS) is 18.2. The summed E-state index contributed by atoms with van der Waals surface area (Å²) in [5, 5.41) is 19.3. The molecule has 2 aromatic rings. The maximum absolute atomic E-state index is 14.7. The first-order valence-corrected chi connectivity index (χ1v) is 26.3. The molecule has 1 fully saturated rings. The second-order valence-corrected chi connectivity index (χ2v) is 21.4. The van der Waals surface area contributed by atoms with Gasteiger partial charge in [-0.2, -0.15) is 0 Å². The molecular weight excluding hydrogens is 947 g/mol. The van der Waals surface area contributed by atoms with E-state index in [1.807, 2.05) is 85.7 Å². The number of carbonyl (C=O) groups excluding carboxylic acids is 7. The number of amides is 6. The van der Waals surface area contributed by atoms with Crippen molar-refractivity contribution in [1.82, 2.24) is 25.3 Å². The molecule has 414 valence electrons. The average molecular weight is 1040 g/mol. The molecule has 1 saturated heterocycles. The Hall–Kier alpha value is -5.43. The number of anilines is 1. The Labute approximate surface area is 440 Å². The highest BCUT2D eigenvalue weighted by Gasteiger charge is 2.44. The molecule has 0 bridgehead atoms. The maximum atomic E-state index is 14.7. The Morgan fingerprint density at radius 3 is 1.92 bits per heavy atom. The molecule has 0 aromatic heterocycles. The molecule has 2 aromatic carbocycles. The number of aliphatic hydroxyl groups is 1. The fourth-order valence-corrected chi connectivity index (χ4v) is 9.80. The minimum atomic E-state index is -1.02. The SMILES string of the molecule is CC[C@H](C)[C@@H]([C@@H](CC(=O)N1CCCC1[C@H](OC)[C@@H](C)C(=O)C[C@H](C)[C@@H](O)c1ccccc1)OC)N(C)C(=O)[C@@H](NC(=O)[C@H](C(C)C)N(C)C(=O)OCc1ccc(NC(=O)[C@H](C)NC(=O)[C@@H](N)C(C)C)cc1)C(C)C. The van der Waals surface area contributed by atoms with Crippen LogP contribution in [0, 0.1) is 35.5 Å². The Morgan fingerprint density at radius 1 is 0.757 bits per heavy atom. The Balaban J connectivity index is 1.69. The molecule has 3 rings (SSSR count). The van der Waals surface area contributed by atoms with Crippen molar-refractivity contribution in [2.45, 2.75) is 169 Å². The third kappa shape index (κ3) is 17.0. The van der Waals surface area contributed by atoms with Crippen molar-refractivity contribution in [1.29, 1.82) is 0 Å². The van der Waals surface area contributed by atoms with Gasteiger partial charge in [0.05, 0.1) is 42.9 Å². The monoisotopic (exact) mass is 1040 g/mol. The van der Waals surface area contributed by atoms with Crippen molar-refractivity contribution in [3.8, 4) is 0 Å². The van der Waals surface area contributed by atoms with Gasteiger partial charge < -0.3 is 50.8 Å². The standard InChI is InChI=1S/C56H89N7O11/c1-16-35(8)49(44(72-14)30-45(65)63-28-20-23-42(63)51(73-15)37(10)43(64)29-36(9)50(66)40-21-18-17-19-22-40)61(12)55(70)47(33(4)5)60-54(69)48(34(6)7)62(13)56(71)74-31-39-24-26-41(27-25-39)59-52(67)38(11)58-53(68)46(57)32(2)3/h17-19,21-22,24-27,32-38,42,44,46-51,66H,16,20,23,28-31,57H2,1-15H3,(H,58,68)(H,59,67)(H,60,69)/t35-,36-,37-,38-,42?,44+,46-,47-,48-,49-,50+,51+/m0/s1. The van der Waals surface area contributed by atoms with Crippen LogP contribution >= 0.6 is 0 Å². The second-order valence-electron chi connectivity index (χ2n) is 21.4. The summed E-state index contributed by atoms with van der Waals surface area (Å²) in [7, 11) is 6.20. The van der Waals surface area contributed by atoms with Crippen LogP contribution < -0.4 is 21.7 Å². The van der Waals surface area contributed by atoms with Crippen molar-refractivity contribution in [2.75, 3.05) is 40.2 Å². The lowest BCUT2D eigenvalue weighted by Crippen LogP contribution is -2.60. The van der Waals surface area contributed by atoms with E-state index in [9.17, 15) is 38.7 Å². The number of rotatable bonds is 28. The molecule has 6 N–H and O–H groups in total. The minimum Gasteiger partial charge on any atom is -0.445 e. The van der Waals surface area contributed by atoms with Gasteiger partial charge in [-0.25, -0.2) is 4.79 Å². The summed E-state index contributed by atoms with van der Waals surface area (Å²) >= 11 is 0. The predicted molar refractivity (Wildman–Crippen MR) is 285 cm³/mol. The summed E-state index contributed by atoms with van der Waals surface area (Å²) in [6, 6.07) is 11.3. The summed E-state index contributed by atoms with van der Waals surface area (Å²) < 4.78 is 17.7. The van der Waals surface area contributed by atoms with E-state index in [0.29, 0.717) is 30.6 Å². The predicted octanol–water partition coefficient (Wildman–Crippen LogP) is 6.10. The number of hydrogen-bond acceptors (Lipinski definition) is 12. The number of Topliss-reactive ketones (excluding diaryl/α,β-unsaturated/α-hetero) is 1. The zero-order chi connectivity index (χ0) is 55.7. The van der Waals surface area contributed by atoms with E-state index < -0.39 is 78.3 Å². The van der Waals surface area contributed by atoms with E-state index in [2.05, 4.69) is 16.0 Å². The number of nitrogens with one attached hydrogen (secondary N) is 3. The van der Waals surface area contributed by atoms with E-state index >= 15 is 0 Å². The lowest BCUT2D eigenvalue weighted by molar-refractivity contribution is -0.148. The molecule has 18 nitrogen and oxygen atoms in total. The van der Waals surface area contributed by atoms with Gasteiger partial charge in [0.15, 0.2) is 0 Å². The highest BCUT2D eigenvalue weighted by atomic mass is 16.6. The van der Waals surface area contributed by atoms with Crippen LogP contribution in [0.2, 0.25) is 0 Å². The first-order chi connectivity index (χ1) is 34.8. The summed E-state index contributed by atoms with van der Waals surface area (Å²) in [4.78, 5) is 100. The van der Waals surface area contributed by atoms with E-state index in [-0.39, 0.29) is 72.7 Å². The number of hydrogen-bond donors (Lipinski definition) is 5. The van der Waals surface area contributed by atoms with E-state index in [1.165, 1.54) is 19.1 Å². The molecule has 0 radical (unpaired) electrons. The number of likely N-dealkylation sites (tertiary alicyclic amines) is 1. The number of carbonyl (C=O) groups is 7. The summed E-state index contributed by atoms with van der Waals surface area (Å²) in [6.07, 6.45) is -0.762. The van der Waals surface area contributed by atoms with Gasteiger partial charge in [-0.3, -0.25) is 33.7 Å². The highest BCUT2D eigenvalue weighted by Crippen LogP contribution is 2.32. The molecule has 0 aliphatic carbocycles. The van der Waals surface area contributed by atoms with Gasteiger partial charge in [0, 0.05) is 52.9 Å². The highest BCUT2D eigenvalue weighted by molar-refractivity contribution is 5.97. The fourth-order valence-electron chi connectivity index (χ4n) is 9.80. The van der Waals surface area contributed by atoms with E-state index in [1.54, 1.807) is 69.0 Å². The molecule has 1 unspecified atom stereocenters. The van der Waals surface area contributed by atoms with Crippen molar-refractivity contribution in [3.63, 3.8) is 0 Å². The van der Waals surface area contributed by atoms with Crippen LogP contribution in [0.15, 0.2) is 54.6 Å². The van der Waals surface area contributed by atoms with Crippen LogP contribution in [-0.2, 0) is 49.6 Å². The molecular formula is C56H89N7O11. The lowest BCUT2D eigenvalue weighted by Gasteiger charge is -2.41. The van der Waals surface area contributed by atoms with Gasteiger partial charge in [-0.15, -0.1) is 0 Å². The number of nitrogens with two attached hydrogens (primary N) is 1. The van der Waals surface area contributed by atoms with Crippen molar-refractivity contribution in [2.24, 2.45) is 41.2 Å². The molecule has 18 heteroatoms. The maximum Gasteiger partial charge on any atom is 0.410 e. The van der Waals surface area contributed by atoms with Gasteiger partial charge in [0.25, 0.3) is 0 Å². The third-order valence-corrected chi connectivity index (χ3v) is 14.7. The van der Waals surface area contributed by atoms with Gasteiger partial charge >= 0.3 is 6.09 Å². The first kappa shape index (κ1) is 62.9. The zero-order valence-electron chi connectivity index (χ0n) is 46.8. The van der Waals surface area contributed by atoms with Gasteiger partial charge in [-0.1, -0.05) is 118 Å². The van der Waals surface area contributed by atoms with E-state index in [0.717, 1.165) is 12.0 Å². The van der Waals surface area contributed by atoms with E-state index in [4.69, 9.17) is 19.9 Å². The Morgan fingerprint density at radius 2 is 1.38 bits per heavy atom. The molecule has 74 heavy (non-hydrogen) atoms. The van der Waals surface area contributed by atoms with Crippen LogP contribution in [0.25, 0.3) is 0 Å².